The van der Waals surface area contributed by atoms with Gasteiger partial charge in [0.15, 0.2) is 0 Å². The van der Waals surface area contributed by atoms with Crippen molar-refractivity contribution in [3.63, 3.8) is 0 Å². The van der Waals surface area contributed by atoms with E-state index < -0.39 is 0 Å². The molecule has 0 radical (unpaired) electrons. The third-order valence-electron chi connectivity index (χ3n) is 2.83. The highest BCUT2D eigenvalue weighted by atomic mass is 79.9. The minimum Gasteiger partial charge on any atom is -0.378 e. The van der Waals surface area contributed by atoms with Crippen molar-refractivity contribution in [2.24, 2.45) is 0 Å². The molecule has 0 aromatic heterocycles. The summed E-state index contributed by atoms with van der Waals surface area (Å²) in [5.41, 5.74) is 2.67. The molecule has 0 saturated carbocycles. The van der Waals surface area contributed by atoms with Gasteiger partial charge in [-0.15, -0.1) is 0 Å². The number of hydrogen-bond donors (Lipinski definition) is 1. The normalized spacial score (nSPS) is 27.6. The Morgan fingerprint density at radius 1 is 1.21 bits per heavy atom. The highest BCUT2D eigenvalue weighted by Gasteiger charge is 2.29. The number of allylic oxidation sites excluding steroid dienone is 2. The molecule has 2 heteroatoms. The molecule has 1 N–H and O–H groups in total. The topological polar surface area (TPSA) is 12.0 Å². The number of fused-ring (bicyclic) bond motifs is 3. The number of hydrogen-bond acceptors (Lipinski definition) is 1. The second kappa shape index (κ2) is 2.99. The predicted octanol–water partition coefficient (Wildman–Crippen LogP) is 3.41. The van der Waals surface area contributed by atoms with Crippen LogP contribution in [0.15, 0.2) is 47.0 Å². The Kier molecular flexibility index (Phi) is 1.77. The zero-order valence-electron chi connectivity index (χ0n) is 7.57. The maximum atomic E-state index is 3.52. The third-order valence-corrected chi connectivity index (χ3v) is 3.36. The highest BCUT2D eigenvalue weighted by molar-refractivity contribution is 9.11. The number of anilines is 1. The average molecular weight is 248 g/mol. The van der Waals surface area contributed by atoms with Crippen molar-refractivity contribution in [2.45, 2.75) is 12.0 Å². The van der Waals surface area contributed by atoms with Gasteiger partial charge in [0, 0.05) is 16.1 Å². The molecule has 1 heterocycles. The Bertz CT molecular complexity index is 434. The molecular formula is C12H10BrN. The summed E-state index contributed by atoms with van der Waals surface area (Å²) in [4.78, 5) is 0. The van der Waals surface area contributed by atoms with E-state index in [1.165, 1.54) is 15.7 Å². The van der Waals surface area contributed by atoms with E-state index in [0.717, 1.165) is 0 Å². The summed E-state index contributed by atoms with van der Waals surface area (Å²) in [6, 6.07) is 8.95. The molecule has 1 aliphatic heterocycles. The lowest BCUT2D eigenvalue weighted by atomic mass is 9.92. The molecule has 1 aromatic carbocycles. The summed E-state index contributed by atoms with van der Waals surface area (Å²) in [6.07, 6.45) is 6.60. The van der Waals surface area contributed by atoms with E-state index in [0.29, 0.717) is 12.0 Å². The molecule has 0 bridgehead atoms. The first-order valence-electron chi connectivity index (χ1n) is 4.75. The van der Waals surface area contributed by atoms with Crippen LogP contribution in [-0.2, 0) is 0 Å². The second-order valence-electron chi connectivity index (χ2n) is 3.69. The molecule has 0 spiro atoms. The third kappa shape index (κ3) is 1.14. The van der Waals surface area contributed by atoms with Gasteiger partial charge in [-0.3, -0.25) is 0 Å². The molecule has 0 amide bonds. The predicted molar refractivity (Wildman–Crippen MR) is 62.7 cm³/mol. The van der Waals surface area contributed by atoms with Crippen LogP contribution in [0, 0.1) is 0 Å². The van der Waals surface area contributed by atoms with Crippen molar-refractivity contribution < 1.29 is 0 Å². The largest absolute Gasteiger partial charge is 0.378 e. The number of para-hydroxylation sites is 1. The lowest BCUT2D eigenvalue weighted by molar-refractivity contribution is 0.804. The van der Waals surface area contributed by atoms with Crippen molar-refractivity contribution in [2.75, 3.05) is 5.32 Å². The van der Waals surface area contributed by atoms with Crippen molar-refractivity contribution in [1.82, 2.24) is 0 Å². The van der Waals surface area contributed by atoms with Crippen LogP contribution in [0.3, 0.4) is 0 Å². The number of nitrogens with one attached hydrogen (secondary N) is 1. The first-order valence-corrected chi connectivity index (χ1v) is 5.55. The summed E-state index contributed by atoms with van der Waals surface area (Å²) in [6.45, 7) is 0. The van der Waals surface area contributed by atoms with Crippen molar-refractivity contribution in [1.29, 1.82) is 0 Å². The molecule has 0 fully saturated rings. The van der Waals surface area contributed by atoms with Crippen LogP contribution in [0.5, 0.6) is 0 Å². The van der Waals surface area contributed by atoms with E-state index in [2.05, 4.69) is 63.7 Å². The average Bonchev–Trinajstić information content (AvgIpc) is 2.56. The van der Waals surface area contributed by atoms with E-state index in [9.17, 15) is 0 Å². The summed E-state index contributed by atoms with van der Waals surface area (Å²) in [5, 5.41) is 3.50. The maximum absolute atomic E-state index is 3.52. The minimum absolute atomic E-state index is 0.439. The first-order chi connectivity index (χ1) is 6.84. The van der Waals surface area contributed by atoms with Gasteiger partial charge in [0.25, 0.3) is 0 Å². The molecule has 2 unspecified atom stereocenters. The standard InChI is InChI=1S/C12H10BrN/c13-8-5-6-12-10(7-8)9-3-1-2-4-11(9)14-12/h1-7,10,12,14H. The Hall–Kier alpha value is -1.02. The molecule has 3 rings (SSSR count). The molecule has 2 aliphatic rings. The summed E-state index contributed by atoms with van der Waals surface area (Å²) >= 11 is 3.52. The zero-order valence-corrected chi connectivity index (χ0v) is 9.16. The van der Waals surface area contributed by atoms with Crippen LogP contribution in [0.25, 0.3) is 0 Å². The Balaban J connectivity index is 2.11. The van der Waals surface area contributed by atoms with Gasteiger partial charge in [0.05, 0.1) is 6.04 Å². The van der Waals surface area contributed by atoms with E-state index in [1.54, 1.807) is 0 Å². The Morgan fingerprint density at radius 3 is 3.00 bits per heavy atom. The molecule has 1 aliphatic carbocycles. The van der Waals surface area contributed by atoms with Crippen LogP contribution in [0.2, 0.25) is 0 Å². The fraction of sp³-hybridized carbons (Fsp3) is 0.167. The maximum Gasteiger partial charge on any atom is 0.0552 e. The Morgan fingerprint density at radius 2 is 2.07 bits per heavy atom. The fourth-order valence-electron chi connectivity index (χ4n) is 2.17. The van der Waals surface area contributed by atoms with Gasteiger partial charge in [-0.1, -0.05) is 52.4 Å². The molecule has 0 saturated heterocycles. The molecular weight excluding hydrogens is 238 g/mol. The van der Waals surface area contributed by atoms with Gasteiger partial charge >= 0.3 is 0 Å². The van der Waals surface area contributed by atoms with Crippen molar-refractivity contribution >= 4 is 21.6 Å². The van der Waals surface area contributed by atoms with Crippen LogP contribution < -0.4 is 5.32 Å². The Labute approximate surface area is 91.6 Å². The van der Waals surface area contributed by atoms with E-state index >= 15 is 0 Å². The lowest BCUT2D eigenvalue weighted by Gasteiger charge is -2.17. The van der Waals surface area contributed by atoms with Crippen LogP contribution in [-0.4, -0.2) is 6.04 Å². The van der Waals surface area contributed by atoms with Crippen molar-refractivity contribution in [3.8, 4) is 0 Å². The summed E-state index contributed by atoms with van der Waals surface area (Å²) in [5.74, 6) is 0.491. The van der Waals surface area contributed by atoms with E-state index in [1.807, 2.05) is 0 Å². The molecule has 1 aromatic rings. The fourth-order valence-corrected chi connectivity index (χ4v) is 2.60. The molecule has 70 valence electrons. The SMILES string of the molecule is BrC1=CC2c3ccccc3NC2C=C1. The van der Waals surface area contributed by atoms with Gasteiger partial charge in [0.1, 0.15) is 0 Å². The molecule has 1 nitrogen and oxygen atoms in total. The van der Waals surface area contributed by atoms with E-state index in [-0.39, 0.29) is 0 Å². The van der Waals surface area contributed by atoms with Gasteiger partial charge in [0.2, 0.25) is 0 Å². The highest BCUT2D eigenvalue weighted by Crippen LogP contribution is 2.40. The van der Waals surface area contributed by atoms with Crippen molar-refractivity contribution in [3.05, 3.63) is 52.5 Å². The summed E-state index contributed by atoms with van der Waals surface area (Å²) in [7, 11) is 0. The second-order valence-corrected chi connectivity index (χ2v) is 4.61. The van der Waals surface area contributed by atoms with Crippen LogP contribution in [0.1, 0.15) is 11.5 Å². The first kappa shape index (κ1) is 8.30. The van der Waals surface area contributed by atoms with E-state index in [4.69, 9.17) is 0 Å². The molecule has 14 heavy (non-hydrogen) atoms. The smallest absolute Gasteiger partial charge is 0.0552 e. The van der Waals surface area contributed by atoms with Gasteiger partial charge in [-0.05, 0) is 11.6 Å². The number of benzene rings is 1. The number of rotatable bonds is 0. The van der Waals surface area contributed by atoms with Gasteiger partial charge in [-0.2, -0.15) is 0 Å². The summed E-state index contributed by atoms with van der Waals surface area (Å²) < 4.78 is 1.18. The zero-order chi connectivity index (χ0) is 9.54. The molecule has 2 atom stereocenters. The number of halogens is 1. The minimum atomic E-state index is 0.439. The van der Waals surface area contributed by atoms with Crippen LogP contribution >= 0.6 is 15.9 Å². The van der Waals surface area contributed by atoms with Crippen LogP contribution in [0.4, 0.5) is 5.69 Å². The monoisotopic (exact) mass is 247 g/mol. The van der Waals surface area contributed by atoms with Gasteiger partial charge < -0.3 is 5.32 Å². The quantitative estimate of drug-likeness (QED) is 0.741. The van der Waals surface area contributed by atoms with Gasteiger partial charge in [-0.25, -0.2) is 0 Å². The lowest BCUT2D eigenvalue weighted by Crippen LogP contribution is -2.18.